The molecule has 3 rings (SSSR count). The highest BCUT2D eigenvalue weighted by Gasteiger charge is 2.56. The fourth-order valence-corrected chi connectivity index (χ4v) is 5.68. The first-order valence-electron chi connectivity index (χ1n) is 9.77. The highest BCUT2D eigenvalue weighted by Crippen LogP contribution is 2.47. The van der Waals surface area contributed by atoms with Crippen molar-refractivity contribution in [1.29, 1.82) is 0 Å². The number of rotatable bonds is 5. The van der Waals surface area contributed by atoms with Crippen LogP contribution in [0.3, 0.4) is 0 Å². The smallest absolute Gasteiger partial charge is 0.336 e. The predicted molar refractivity (Wildman–Crippen MR) is 107 cm³/mol. The normalized spacial score (nSPS) is 25.6. The Bertz CT molecular complexity index is 753. The first-order chi connectivity index (χ1) is 12.8. The van der Waals surface area contributed by atoms with Gasteiger partial charge in [-0.15, -0.1) is 0 Å². The summed E-state index contributed by atoms with van der Waals surface area (Å²) in [6.45, 7) is 8.35. The summed E-state index contributed by atoms with van der Waals surface area (Å²) in [5, 5.41) is 3.02. The van der Waals surface area contributed by atoms with Crippen LogP contribution in [0.25, 0.3) is 5.70 Å². The zero-order chi connectivity index (χ0) is 19.7. The van der Waals surface area contributed by atoms with Crippen LogP contribution in [-0.4, -0.2) is 32.4 Å². The second-order valence-corrected chi connectivity index (χ2v) is 12.7. The van der Waals surface area contributed by atoms with E-state index in [2.05, 4.69) is 25.0 Å². The molecule has 0 unspecified atom stereocenters. The second-order valence-electron chi connectivity index (χ2n) is 8.23. The molecular weight excluding hydrogens is 358 g/mol. The van der Waals surface area contributed by atoms with Gasteiger partial charge >= 0.3 is 5.97 Å². The zero-order valence-corrected chi connectivity index (χ0v) is 17.6. The third kappa shape index (κ3) is 3.87. The number of carbonyl (C=O) groups excluding carboxylic acids is 2. The van der Waals surface area contributed by atoms with E-state index in [0.717, 1.165) is 24.8 Å². The largest absolute Gasteiger partial charge is 0.463 e. The fourth-order valence-electron chi connectivity index (χ4n) is 4.25. The van der Waals surface area contributed by atoms with Crippen molar-refractivity contribution < 1.29 is 18.8 Å². The Morgan fingerprint density at radius 3 is 2.56 bits per heavy atom. The number of carbonyl (C=O) groups is 2. The minimum atomic E-state index is -2.02. The Balaban J connectivity index is 2.17. The molecule has 0 radical (unpaired) electrons. The van der Waals surface area contributed by atoms with E-state index in [-0.39, 0.29) is 17.8 Å². The van der Waals surface area contributed by atoms with E-state index in [0.29, 0.717) is 24.3 Å². The van der Waals surface area contributed by atoms with Gasteiger partial charge in [0.1, 0.15) is 5.60 Å². The van der Waals surface area contributed by atoms with Crippen LogP contribution in [0.1, 0.15) is 38.2 Å². The molecule has 0 saturated heterocycles. The third-order valence-electron chi connectivity index (χ3n) is 5.14. The Morgan fingerprint density at radius 2 is 1.93 bits per heavy atom. The topological polar surface area (TPSA) is 64.6 Å². The number of hydrogen-bond acceptors (Lipinski definition) is 4. The molecular formula is C21H29NO4Si. The highest BCUT2D eigenvalue weighted by atomic mass is 28.4. The van der Waals surface area contributed by atoms with Gasteiger partial charge in [0.25, 0.3) is 5.91 Å². The van der Waals surface area contributed by atoms with E-state index >= 15 is 0 Å². The van der Waals surface area contributed by atoms with Gasteiger partial charge in [0.15, 0.2) is 8.32 Å². The number of esters is 1. The average molecular weight is 388 g/mol. The van der Waals surface area contributed by atoms with E-state index < -0.39 is 13.9 Å². The van der Waals surface area contributed by atoms with Gasteiger partial charge in [-0.05, 0) is 45.0 Å². The summed E-state index contributed by atoms with van der Waals surface area (Å²) >= 11 is 0. The molecule has 1 aliphatic carbocycles. The van der Waals surface area contributed by atoms with Crippen molar-refractivity contribution in [3.05, 3.63) is 41.5 Å². The van der Waals surface area contributed by atoms with Gasteiger partial charge < -0.3 is 14.5 Å². The number of benzene rings is 1. The molecule has 0 aromatic heterocycles. The molecule has 0 bridgehead atoms. The summed E-state index contributed by atoms with van der Waals surface area (Å²) in [5.74, 6) is -0.755. The Hall–Kier alpha value is -1.92. The van der Waals surface area contributed by atoms with Crippen molar-refractivity contribution in [2.75, 3.05) is 6.61 Å². The summed E-state index contributed by atoms with van der Waals surface area (Å²) < 4.78 is 11.9. The Kier molecular flexibility index (Phi) is 5.58. The molecule has 6 heteroatoms. The minimum Gasteiger partial charge on any atom is -0.463 e. The van der Waals surface area contributed by atoms with Crippen LogP contribution in [0.4, 0.5) is 0 Å². The van der Waals surface area contributed by atoms with Gasteiger partial charge in [-0.2, -0.15) is 0 Å². The molecule has 146 valence electrons. The molecule has 27 heavy (non-hydrogen) atoms. The molecule has 1 aliphatic heterocycles. The first-order valence-corrected chi connectivity index (χ1v) is 13.2. The molecule has 2 aliphatic rings. The Morgan fingerprint density at radius 1 is 1.22 bits per heavy atom. The van der Waals surface area contributed by atoms with E-state index in [4.69, 9.17) is 9.16 Å². The van der Waals surface area contributed by atoms with Gasteiger partial charge in [0, 0.05) is 5.92 Å². The van der Waals surface area contributed by atoms with E-state index in [1.54, 1.807) is 6.92 Å². The molecule has 2 atom stereocenters. The van der Waals surface area contributed by atoms with Crippen molar-refractivity contribution in [1.82, 2.24) is 5.32 Å². The van der Waals surface area contributed by atoms with Crippen LogP contribution in [0, 0.1) is 5.92 Å². The van der Waals surface area contributed by atoms with Crippen molar-refractivity contribution in [3.8, 4) is 0 Å². The summed E-state index contributed by atoms with van der Waals surface area (Å²) in [6.07, 6.45) is 3.28. The molecule has 1 aromatic rings. The quantitative estimate of drug-likeness (QED) is 0.615. The standard InChI is InChI=1S/C21H29NO4Si/c1-5-25-19(23)17-16-13-9-10-14-21(16,26-27(2,3)4)20(24)22-18(17)15-11-7-6-8-12-15/h6-8,11-12,16H,5,9-10,13-14H2,1-4H3,(H,22,24)/t16-,21+/m1/s1. The van der Waals surface area contributed by atoms with E-state index in [1.165, 1.54) is 0 Å². The first kappa shape index (κ1) is 19.8. The Labute approximate surface area is 162 Å². The maximum absolute atomic E-state index is 13.3. The monoisotopic (exact) mass is 387 g/mol. The predicted octanol–water partition coefficient (Wildman–Crippen LogP) is 3.87. The van der Waals surface area contributed by atoms with Crippen LogP contribution in [0.2, 0.25) is 19.6 Å². The molecule has 1 fully saturated rings. The fraction of sp³-hybridized carbons (Fsp3) is 0.524. The van der Waals surface area contributed by atoms with Gasteiger partial charge in [0.2, 0.25) is 0 Å². The molecule has 5 nitrogen and oxygen atoms in total. The van der Waals surface area contributed by atoms with E-state index in [9.17, 15) is 9.59 Å². The number of hydrogen-bond donors (Lipinski definition) is 1. The van der Waals surface area contributed by atoms with Crippen LogP contribution >= 0.6 is 0 Å². The number of ether oxygens (including phenoxy) is 1. The summed E-state index contributed by atoms with van der Waals surface area (Å²) in [4.78, 5) is 26.3. The summed E-state index contributed by atoms with van der Waals surface area (Å²) in [7, 11) is -2.02. The van der Waals surface area contributed by atoms with Crippen molar-refractivity contribution >= 4 is 25.9 Å². The lowest BCUT2D eigenvalue weighted by molar-refractivity contribution is -0.149. The summed E-state index contributed by atoms with van der Waals surface area (Å²) in [6, 6.07) is 9.53. The van der Waals surface area contributed by atoms with Crippen LogP contribution < -0.4 is 5.32 Å². The third-order valence-corrected chi connectivity index (χ3v) is 6.12. The number of nitrogens with one attached hydrogen (secondary N) is 1. The van der Waals surface area contributed by atoms with Gasteiger partial charge in [-0.25, -0.2) is 4.79 Å². The number of amides is 1. The van der Waals surface area contributed by atoms with Crippen molar-refractivity contribution in [2.45, 2.75) is 57.8 Å². The van der Waals surface area contributed by atoms with Gasteiger partial charge in [0.05, 0.1) is 17.9 Å². The lowest BCUT2D eigenvalue weighted by Crippen LogP contribution is -2.62. The van der Waals surface area contributed by atoms with E-state index in [1.807, 2.05) is 30.3 Å². The van der Waals surface area contributed by atoms with Gasteiger partial charge in [-0.3, -0.25) is 4.79 Å². The molecule has 1 aromatic carbocycles. The molecule has 0 spiro atoms. The SMILES string of the molecule is CCOC(=O)C1=C(c2ccccc2)NC(=O)[C@]2(O[Si](C)(C)C)CCCC[C@H]12. The maximum Gasteiger partial charge on any atom is 0.336 e. The van der Waals surface area contributed by atoms with Crippen molar-refractivity contribution in [2.24, 2.45) is 5.92 Å². The highest BCUT2D eigenvalue weighted by molar-refractivity contribution is 6.70. The zero-order valence-electron chi connectivity index (χ0n) is 16.6. The lowest BCUT2D eigenvalue weighted by Gasteiger charge is -2.49. The minimum absolute atomic E-state index is 0.124. The number of fused-ring (bicyclic) bond motifs is 1. The van der Waals surface area contributed by atoms with Crippen molar-refractivity contribution in [3.63, 3.8) is 0 Å². The molecule has 1 saturated carbocycles. The molecule has 1 amide bonds. The summed E-state index contributed by atoms with van der Waals surface area (Å²) in [5.41, 5.74) is 0.978. The lowest BCUT2D eigenvalue weighted by atomic mass is 9.68. The second kappa shape index (κ2) is 7.60. The van der Waals surface area contributed by atoms with Crippen LogP contribution in [0.5, 0.6) is 0 Å². The maximum atomic E-state index is 13.3. The van der Waals surface area contributed by atoms with Crippen LogP contribution in [-0.2, 0) is 18.8 Å². The average Bonchev–Trinajstić information content (AvgIpc) is 2.61. The van der Waals surface area contributed by atoms with Gasteiger partial charge in [-0.1, -0.05) is 43.2 Å². The molecule has 1 N–H and O–H groups in total. The molecule has 1 heterocycles. The van der Waals surface area contributed by atoms with Crippen LogP contribution in [0.15, 0.2) is 35.9 Å².